The van der Waals surface area contributed by atoms with E-state index in [0.717, 1.165) is 24.7 Å². The van der Waals surface area contributed by atoms with Gasteiger partial charge in [0, 0.05) is 11.8 Å². The molecular formula is C14H20N2S. The van der Waals surface area contributed by atoms with Gasteiger partial charge in [0.2, 0.25) is 0 Å². The largest absolute Gasteiger partial charge is 0.365 e. The van der Waals surface area contributed by atoms with Crippen molar-refractivity contribution in [2.75, 3.05) is 13.1 Å². The molecule has 1 aromatic rings. The smallest absolute Gasteiger partial charge is 0.156 e. The molecule has 1 aliphatic rings. The number of rotatable bonds is 4. The molecule has 2 rings (SSSR count). The molecule has 1 heterocycles. The maximum atomic E-state index is 4.45. The minimum Gasteiger partial charge on any atom is -0.365 e. The van der Waals surface area contributed by atoms with Gasteiger partial charge in [-0.2, -0.15) is 0 Å². The Balaban J connectivity index is 1.72. The summed E-state index contributed by atoms with van der Waals surface area (Å²) >= 11 is 1.85. The van der Waals surface area contributed by atoms with Gasteiger partial charge in [-0.25, -0.2) is 0 Å². The minimum atomic E-state index is 0.605. The van der Waals surface area contributed by atoms with Gasteiger partial charge in [-0.1, -0.05) is 55.9 Å². The number of hydrogen-bond acceptors (Lipinski definition) is 3. The highest BCUT2D eigenvalue weighted by Crippen LogP contribution is 2.20. The number of aliphatic imine (C=N–C) groups is 1. The highest BCUT2D eigenvalue weighted by atomic mass is 32.2. The molecule has 92 valence electrons. The Bertz CT molecular complexity index is 375. The van der Waals surface area contributed by atoms with E-state index in [1.807, 2.05) is 11.8 Å². The van der Waals surface area contributed by atoms with E-state index in [9.17, 15) is 0 Å². The van der Waals surface area contributed by atoms with Crippen LogP contribution in [0.4, 0.5) is 0 Å². The Morgan fingerprint density at radius 2 is 2.18 bits per heavy atom. The zero-order chi connectivity index (χ0) is 12.1. The van der Waals surface area contributed by atoms with E-state index in [-0.39, 0.29) is 0 Å². The summed E-state index contributed by atoms with van der Waals surface area (Å²) in [5, 5.41) is 5.19. The Hall–Kier alpha value is -0.960. The monoisotopic (exact) mass is 248 g/mol. The standard InChI is InChI=1S/C14H20N2S/c1-11(13-6-4-3-5-7-13)8-9-15-14-16-10-12(2)17-14/h3-7,11-12H,8-10H2,1-2H3,(H,15,16). The van der Waals surface area contributed by atoms with Gasteiger partial charge in [0.1, 0.15) is 0 Å². The van der Waals surface area contributed by atoms with E-state index in [2.05, 4.69) is 54.5 Å². The fourth-order valence-corrected chi connectivity index (χ4v) is 2.78. The van der Waals surface area contributed by atoms with Crippen LogP contribution in [0.5, 0.6) is 0 Å². The van der Waals surface area contributed by atoms with Crippen molar-refractivity contribution < 1.29 is 0 Å². The van der Waals surface area contributed by atoms with E-state index in [1.165, 1.54) is 5.56 Å². The van der Waals surface area contributed by atoms with Crippen molar-refractivity contribution >= 4 is 16.9 Å². The summed E-state index contributed by atoms with van der Waals surface area (Å²) < 4.78 is 0. The Morgan fingerprint density at radius 1 is 1.41 bits per heavy atom. The molecule has 1 aromatic carbocycles. The van der Waals surface area contributed by atoms with Crippen molar-refractivity contribution in [2.45, 2.75) is 31.4 Å². The maximum absolute atomic E-state index is 4.45. The molecule has 0 fully saturated rings. The Labute approximate surface area is 108 Å². The van der Waals surface area contributed by atoms with Gasteiger partial charge in [-0.05, 0) is 17.9 Å². The first-order chi connectivity index (χ1) is 8.25. The SMILES string of the molecule is CC1CN=C(NCCC(C)c2ccccc2)S1. The molecule has 2 nitrogen and oxygen atoms in total. The predicted molar refractivity (Wildman–Crippen MR) is 76.8 cm³/mol. The number of benzene rings is 1. The van der Waals surface area contributed by atoms with Crippen LogP contribution in [0.3, 0.4) is 0 Å². The molecular weight excluding hydrogens is 228 g/mol. The van der Waals surface area contributed by atoms with Crippen molar-refractivity contribution in [3.8, 4) is 0 Å². The van der Waals surface area contributed by atoms with Crippen molar-refractivity contribution in [1.82, 2.24) is 5.32 Å². The molecule has 0 saturated heterocycles. The fraction of sp³-hybridized carbons (Fsp3) is 0.500. The third-order valence-electron chi connectivity index (χ3n) is 3.03. The molecule has 2 atom stereocenters. The first kappa shape index (κ1) is 12.5. The first-order valence-corrected chi connectivity index (χ1v) is 7.13. The quantitative estimate of drug-likeness (QED) is 0.884. The van der Waals surface area contributed by atoms with Crippen LogP contribution in [0.1, 0.15) is 31.7 Å². The minimum absolute atomic E-state index is 0.605. The average molecular weight is 248 g/mol. The second-order valence-corrected chi connectivity index (χ2v) is 6.03. The lowest BCUT2D eigenvalue weighted by Gasteiger charge is -2.12. The number of amidine groups is 1. The lowest BCUT2D eigenvalue weighted by atomic mass is 9.98. The van der Waals surface area contributed by atoms with E-state index >= 15 is 0 Å². The van der Waals surface area contributed by atoms with Crippen LogP contribution in [0.25, 0.3) is 0 Å². The zero-order valence-electron chi connectivity index (χ0n) is 10.5. The van der Waals surface area contributed by atoms with Gasteiger partial charge in [-0.3, -0.25) is 4.99 Å². The first-order valence-electron chi connectivity index (χ1n) is 6.25. The van der Waals surface area contributed by atoms with E-state index < -0.39 is 0 Å². The van der Waals surface area contributed by atoms with Crippen LogP contribution in [0.15, 0.2) is 35.3 Å². The number of thioether (sulfide) groups is 1. The van der Waals surface area contributed by atoms with Crippen LogP contribution >= 0.6 is 11.8 Å². The molecule has 0 amide bonds. The van der Waals surface area contributed by atoms with Gasteiger partial charge in [0.15, 0.2) is 5.17 Å². The summed E-state index contributed by atoms with van der Waals surface area (Å²) in [6, 6.07) is 10.7. The Morgan fingerprint density at radius 3 is 2.82 bits per heavy atom. The maximum Gasteiger partial charge on any atom is 0.156 e. The molecule has 0 saturated carbocycles. The second kappa shape index (κ2) is 6.10. The van der Waals surface area contributed by atoms with Gasteiger partial charge in [-0.15, -0.1) is 0 Å². The fourth-order valence-electron chi connectivity index (χ4n) is 1.92. The molecule has 1 N–H and O–H groups in total. The summed E-state index contributed by atoms with van der Waals surface area (Å²) in [6.45, 7) is 6.47. The lowest BCUT2D eigenvalue weighted by Crippen LogP contribution is -2.21. The molecule has 17 heavy (non-hydrogen) atoms. The highest BCUT2D eigenvalue weighted by Gasteiger charge is 2.14. The molecule has 2 unspecified atom stereocenters. The van der Waals surface area contributed by atoms with Crippen LogP contribution in [0.2, 0.25) is 0 Å². The molecule has 1 aliphatic heterocycles. The third kappa shape index (κ3) is 3.77. The van der Waals surface area contributed by atoms with Crippen molar-refractivity contribution in [3.63, 3.8) is 0 Å². The zero-order valence-corrected chi connectivity index (χ0v) is 11.3. The van der Waals surface area contributed by atoms with Gasteiger partial charge >= 0.3 is 0 Å². The van der Waals surface area contributed by atoms with E-state index in [0.29, 0.717) is 11.2 Å². The molecule has 0 radical (unpaired) electrons. The molecule has 0 aromatic heterocycles. The summed E-state index contributed by atoms with van der Waals surface area (Å²) in [5.41, 5.74) is 1.42. The molecule has 0 aliphatic carbocycles. The lowest BCUT2D eigenvalue weighted by molar-refractivity contribution is 0.663. The second-order valence-electron chi connectivity index (χ2n) is 4.60. The molecule has 3 heteroatoms. The van der Waals surface area contributed by atoms with Crippen molar-refractivity contribution in [3.05, 3.63) is 35.9 Å². The van der Waals surface area contributed by atoms with Gasteiger partial charge in [0.05, 0.1) is 6.54 Å². The normalized spacial score (nSPS) is 21.1. The number of nitrogens with zero attached hydrogens (tertiary/aromatic N) is 1. The average Bonchev–Trinajstić information content (AvgIpc) is 2.76. The summed E-state index contributed by atoms with van der Waals surface area (Å²) in [7, 11) is 0. The summed E-state index contributed by atoms with van der Waals surface area (Å²) in [6.07, 6.45) is 1.15. The van der Waals surface area contributed by atoms with E-state index in [1.54, 1.807) is 0 Å². The summed E-state index contributed by atoms with van der Waals surface area (Å²) in [4.78, 5) is 4.45. The topological polar surface area (TPSA) is 24.4 Å². The highest BCUT2D eigenvalue weighted by molar-refractivity contribution is 8.14. The Kier molecular flexibility index (Phi) is 4.49. The van der Waals surface area contributed by atoms with Crippen molar-refractivity contribution in [2.24, 2.45) is 4.99 Å². The predicted octanol–water partition coefficient (Wildman–Crippen LogP) is 3.26. The van der Waals surface area contributed by atoms with Crippen LogP contribution < -0.4 is 5.32 Å². The third-order valence-corrected chi connectivity index (χ3v) is 4.08. The van der Waals surface area contributed by atoms with Crippen LogP contribution in [0, 0.1) is 0 Å². The molecule has 0 spiro atoms. The number of nitrogens with one attached hydrogen (secondary N) is 1. The van der Waals surface area contributed by atoms with E-state index in [4.69, 9.17) is 0 Å². The van der Waals surface area contributed by atoms with Gasteiger partial charge < -0.3 is 5.32 Å². The van der Waals surface area contributed by atoms with Gasteiger partial charge in [0.25, 0.3) is 0 Å². The van der Waals surface area contributed by atoms with Crippen LogP contribution in [-0.2, 0) is 0 Å². The molecule has 0 bridgehead atoms. The van der Waals surface area contributed by atoms with Crippen LogP contribution in [-0.4, -0.2) is 23.5 Å². The van der Waals surface area contributed by atoms with Crippen molar-refractivity contribution in [1.29, 1.82) is 0 Å². The summed E-state index contributed by atoms with van der Waals surface area (Å²) in [5.74, 6) is 0.605. The number of hydrogen-bond donors (Lipinski definition) is 1.